The van der Waals surface area contributed by atoms with Crippen LogP contribution in [0.3, 0.4) is 0 Å². The molecule has 0 saturated carbocycles. The molecular formula is C13H6Cl2F3NO2. The SMILES string of the molecule is O=C(O)Cc1nc(F)c(F)c(-c2cc(Cl)ccc2Cl)c1F. The number of aliphatic carboxylic acids is 1. The summed E-state index contributed by atoms with van der Waals surface area (Å²) in [5, 5.41) is 8.71. The Hall–Kier alpha value is -1.79. The highest BCUT2D eigenvalue weighted by molar-refractivity contribution is 6.35. The van der Waals surface area contributed by atoms with Crippen LogP contribution in [0.4, 0.5) is 13.2 Å². The van der Waals surface area contributed by atoms with Gasteiger partial charge in [-0.2, -0.15) is 4.39 Å². The number of carbonyl (C=O) groups is 1. The van der Waals surface area contributed by atoms with Gasteiger partial charge in [0, 0.05) is 15.6 Å². The zero-order valence-electron chi connectivity index (χ0n) is 10.1. The normalized spacial score (nSPS) is 10.7. The number of pyridine rings is 1. The van der Waals surface area contributed by atoms with E-state index in [1.807, 2.05) is 0 Å². The number of aromatic nitrogens is 1. The van der Waals surface area contributed by atoms with Crippen molar-refractivity contribution >= 4 is 29.2 Å². The fourth-order valence-electron chi connectivity index (χ4n) is 1.75. The molecule has 2 rings (SSSR count). The zero-order valence-corrected chi connectivity index (χ0v) is 11.6. The summed E-state index contributed by atoms with van der Waals surface area (Å²) < 4.78 is 41.6. The van der Waals surface area contributed by atoms with Gasteiger partial charge in [0.15, 0.2) is 11.6 Å². The van der Waals surface area contributed by atoms with Gasteiger partial charge in [-0.1, -0.05) is 23.2 Å². The highest BCUT2D eigenvalue weighted by atomic mass is 35.5. The molecule has 0 saturated heterocycles. The average molecular weight is 336 g/mol. The molecule has 21 heavy (non-hydrogen) atoms. The lowest BCUT2D eigenvalue weighted by atomic mass is 10.0. The van der Waals surface area contributed by atoms with Crippen LogP contribution in [-0.4, -0.2) is 16.1 Å². The summed E-state index contributed by atoms with van der Waals surface area (Å²) in [6.07, 6.45) is -0.895. The number of nitrogens with zero attached hydrogens (tertiary/aromatic N) is 1. The number of carboxylic acids is 1. The van der Waals surface area contributed by atoms with E-state index in [4.69, 9.17) is 28.3 Å². The van der Waals surface area contributed by atoms with Crippen molar-refractivity contribution in [2.45, 2.75) is 6.42 Å². The van der Waals surface area contributed by atoms with Crippen LogP contribution in [0.15, 0.2) is 18.2 Å². The highest BCUT2D eigenvalue weighted by Gasteiger charge is 2.24. The first-order valence-corrected chi connectivity index (χ1v) is 6.27. The van der Waals surface area contributed by atoms with E-state index >= 15 is 0 Å². The summed E-state index contributed by atoms with van der Waals surface area (Å²) in [4.78, 5) is 13.6. The Morgan fingerprint density at radius 1 is 1.19 bits per heavy atom. The summed E-state index contributed by atoms with van der Waals surface area (Å²) in [5.74, 6) is -5.90. The fraction of sp³-hybridized carbons (Fsp3) is 0.0769. The Kier molecular flexibility index (Phi) is 4.39. The maximum atomic E-state index is 14.2. The Morgan fingerprint density at radius 2 is 1.86 bits per heavy atom. The van der Waals surface area contributed by atoms with Gasteiger partial charge >= 0.3 is 5.97 Å². The van der Waals surface area contributed by atoms with Crippen LogP contribution < -0.4 is 0 Å². The van der Waals surface area contributed by atoms with Crippen LogP contribution in [0.5, 0.6) is 0 Å². The van der Waals surface area contributed by atoms with Crippen molar-refractivity contribution < 1.29 is 23.1 Å². The molecule has 1 N–H and O–H groups in total. The molecule has 110 valence electrons. The first-order valence-electron chi connectivity index (χ1n) is 5.51. The third kappa shape index (κ3) is 3.11. The molecule has 0 bridgehead atoms. The molecule has 1 aromatic heterocycles. The number of hydrogen-bond donors (Lipinski definition) is 1. The minimum absolute atomic E-state index is 0.0657. The molecule has 0 amide bonds. The van der Waals surface area contributed by atoms with Gasteiger partial charge in [0.1, 0.15) is 0 Å². The Morgan fingerprint density at radius 3 is 2.48 bits per heavy atom. The number of benzene rings is 1. The summed E-state index contributed by atoms with van der Waals surface area (Å²) in [6, 6.07) is 3.82. The molecule has 8 heteroatoms. The van der Waals surface area contributed by atoms with Crippen molar-refractivity contribution in [1.29, 1.82) is 0 Å². The van der Waals surface area contributed by atoms with Gasteiger partial charge in [0.05, 0.1) is 17.7 Å². The summed E-state index contributed by atoms with van der Waals surface area (Å²) in [7, 11) is 0. The van der Waals surface area contributed by atoms with Gasteiger partial charge in [0.25, 0.3) is 0 Å². The highest BCUT2D eigenvalue weighted by Crippen LogP contribution is 2.35. The predicted molar refractivity (Wildman–Crippen MR) is 70.9 cm³/mol. The summed E-state index contributed by atoms with van der Waals surface area (Å²) >= 11 is 11.6. The van der Waals surface area contributed by atoms with Gasteiger partial charge < -0.3 is 5.11 Å². The van der Waals surface area contributed by atoms with E-state index in [0.29, 0.717) is 0 Å². The molecule has 0 spiro atoms. The molecule has 3 nitrogen and oxygen atoms in total. The van der Waals surface area contributed by atoms with E-state index < -0.39 is 41.2 Å². The predicted octanol–water partition coefficient (Wildman–Crippen LogP) is 4.10. The van der Waals surface area contributed by atoms with Gasteiger partial charge in [-0.25, -0.2) is 13.8 Å². The standard InChI is InChI=1S/C13H6Cl2F3NO2/c14-5-1-2-7(15)6(3-5)10-11(16)8(4-9(20)21)19-13(18)12(10)17/h1-3H,4H2,(H,20,21). The lowest BCUT2D eigenvalue weighted by Crippen LogP contribution is -2.10. The van der Waals surface area contributed by atoms with Gasteiger partial charge in [0.2, 0.25) is 5.95 Å². The number of rotatable bonds is 3. The minimum Gasteiger partial charge on any atom is -0.481 e. The van der Waals surface area contributed by atoms with Crippen molar-refractivity contribution in [2.75, 3.05) is 0 Å². The maximum Gasteiger partial charge on any atom is 0.309 e. The van der Waals surface area contributed by atoms with Crippen molar-refractivity contribution in [3.63, 3.8) is 0 Å². The number of carboxylic acid groups (broad SMARTS) is 1. The topological polar surface area (TPSA) is 50.2 Å². The van der Waals surface area contributed by atoms with Gasteiger partial charge in [-0.05, 0) is 18.2 Å². The first-order chi connectivity index (χ1) is 9.81. The van der Waals surface area contributed by atoms with Crippen LogP contribution in [0.1, 0.15) is 5.69 Å². The molecule has 0 aliphatic heterocycles. The second-order valence-corrected chi connectivity index (χ2v) is 4.89. The van der Waals surface area contributed by atoms with E-state index in [1.54, 1.807) is 0 Å². The lowest BCUT2D eigenvalue weighted by Gasteiger charge is -2.11. The van der Waals surface area contributed by atoms with E-state index in [2.05, 4.69) is 4.98 Å². The van der Waals surface area contributed by atoms with E-state index in [1.165, 1.54) is 12.1 Å². The molecule has 0 aliphatic carbocycles. The Labute approximate surface area is 126 Å². The third-order valence-electron chi connectivity index (χ3n) is 2.62. The zero-order chi connectivity index (χ0) is 15.7. The quantitative estimate of drug-likeness (QED) is 0.859. The molecule has 1 aromatic carbocycles. The second-order valence-electron chi connectivity index (χ2n) is 4.05. The monoisotopic (exact) mass is 335 g/mol. The minimum atomic E-state index is -1.61. The first kappa shape index (κ1) is 15.6. The van der Waals surface area contributed by atoms with Crippen LogP contribution in [0.2, 0.25) is 10.0 Å². The molecule has 0 fully saturated rings. The van der Waals surface area contributed by atoms with Crippen LogP contribution in [0, 0.1) is 17.6 Å². The third-order valence-corrected chi connectivity index (χ3v) is 3.19. The molecule has 0 unspecified atom stereocenters. The smallest absolute Gasteiger partial charge is 0.309 e. The van der Waals surface area contributed by atoms with Crippen molar-refractivity contribution in [3.8, 4) is 11.1 Å². The van der Waals surface area contributed by atoms with Crippen LogP contribution >= 0.6 is 23.2 Å². The second kappa shape index (κ2) is 5.91. The van der Waals surface area contributed by atoms with Crippen molar-refractivity contribution in [2.24, 2.45) is 0 Å². The fourth-order valence-corrected chi connectivity index (χ4v) is 2.13. The van der Waals surface area contributed by atoms with Crippen molar-refractivity contribution in [3.05, 3.63) is 51.5 Å². The van der Waals surface area contributed by atoms with Gasteiger partial charge in [-0.15, -0.1) is 0 Å². The lowest BCUT2D eigenvalue weighted by molar-refractivity contribution is -0.136. The van der Waals surface area contributed by atoms with E-state index in [-0.39, 0.29) is 15.6 Å². The van der Waals surface area contributed by atoms with Crippen molar-refractivity contribution in [1.82, 2.24) is 4.98 Å². The molecule has 0 radical (unpaired) electrons. The maximum absolute atomic E-state index is 14.2. The Balaban J connectivity index is 2.75. The molecule has 0 aliphatic rings. The molecule has 0 atom stereocenters. The van der Waals surface area contributed by atoms with Crippen LogP contribution in [0.25, 0.3) is 11.1 Å². The Bertz CT molecular complexity index is 738. The summed E-state index contributed by atoms with van der Waals surface area (Å²) in [5.41, 5.74) is -1.72. The average Bonchev–Trinajstić information content (AvgIpc) is 2.39. The largest absolute Gasteiger partial charge is 0.481 e. The molecule has 2 aromatic rings. The van der Waals surface area contributed by atoms with Crippen LogP contribution in [-0.2, 0) is 11.2 Å². The number of halogens is 5. The molecular weight excluding hydrogens is 330 g/mol. The summed E-state index contributed by atoms with van der Waals surface area (Å²) in [6.45, 7) is 0. The number of hydrogen-bond acceptors (Lipinski definition) is 2. The molecule has 1 heterocycles. The van der Waals surface area contributed by atoms with Gasteiger partial charge in [-0.3, -0.25) is 4.79 Å². The van der Waals surface area contributed by atoms with E-state index in [9.17, 15) is 18.0 Å². The van der Waals surface area contributed by atoms with E-state index in [0.717, 1.165) is 6.07 Å².